The van der Waals surface area contributed by atoms with E-state index in [1.54, 1.807) is 23.9 Å². The monoisotopic (exact) mass is 436 g/mol. The Balaban J connectivity index is 1.94. The van der Waals surface area contributed by atoms with Crippen molar-refractivity contribution in [3.05, 3.63) is 44.8 Å². The summed E-state index contributed by atoms with van der Waals surface area (Å²) in [6.07, 6.45) is 5.96. The van der Waals surface area contributed by atoms with E-state index in [0.717, 1.165) is 47.7 Å². The normalized spacial score (nSPS) is 14.2. The topological polar surface area (TPSA) is 49.4 Å². The van der Waals surface area contributed by atoms with Crippen LogP contribution in [-0.2, 0) is 6.42 Å². The van der Waals surface area contributed by atoms with Gasteiger partial charge in [0.2, 0.25) is 0 Å². The van der Waals surface area contributed by atoms with Gasteiger partial charge in [-0.25, -0.2) is 0 Å². The van der Waals surface area contributed by atoms with Crippen LogP contribution in [0.1, 0.15) is 57.3 Å². The summed E-state index contributed by atoms with van der Waals surface area (Å²) in [4.78, 5) is 30.1. The summed E-state index contributed by atoms with van der Waals surface area (Å²) in [6.45, 7) is 5.62. The van der Waals surface area contributed by atoms with Crippen molar-refractivity contribution in [3.63, 3.8) is 0 Å². The van der Waals surface area contributed by atoms with Gasteiger partial charge in [-0.1, -0.05) is 18.5 Å². The van der Waals surface area contributed by atoms with Gasteiger partial charge in [0.25, 0.3) is 11.8 Å². The number of halogens is 1. The third-order valence-corrected chi connectivity index (χ3v) is 7.18. The Kier molecular flexibility index (Phi) is 7.07. The molecule has 0 bridgehead atoms. The van der Waals surface area contributed by atoms with E-state index in [9.17, 15) is 9.59 Å². The first kappa shape index (κ1) is 21.2. The van der Waals surface area contributed by atoms with Crippen molar-refractivity contribution in [2.75, 3.05) is 24.7 Å². The van der Waals surface area contributed by atoms with E-state index in [4.69, 9.17) is 11.6 Å². The number of carbonyl (C=O) groups is 2. The minimum absolute atomic E-state index is 0.0279. The molecule has 1 aromatic carbocycles. The number of carbonyl (C=O) groups excluding carboxylic acids is 2. The van der Waals surface area contributed by atoms with Crippen LogP contribution in [0.5, 0.6) is 0 Å². The maximum Gasteiger partial charge on any atom is 0.257 e. The quantitative estimate of drug-likeness (QED) is 0.596. The predicted octanol–water partition coefficient (Wildman–Crippen LogP) is 5.87. The second-order valence-electron chi connectivity index (χ2n) is 6.85. The smallest absolute Gasteiger partial charge is 0.257 e. The summed E-state index contributed by atoms with van der Waals surface area (Å²) in [6, 6.07) is 5.41. The van der Waals surface area contributed by atoms with E-state index in [1.165, 1.54) is 17.8 Å². The fraction of sp³-hybridized carbons (Fsp3) is 0.429. The first-order valence-electron chi connectivity index (χ1n) is 9.52. The van der Waals surface area contributed by atoms with Crippen molar-refractivity contribution in [3.8, 4) is 0 Å². The number of thioether (sulfide) groups is 1. The van der Waals surface area contributed by atoms with Crippen LogP contribution in [0, 0.1) is 6.92 Å². The van der Waals surface area contributed by atoms with Gasteiger partial charge in [0.15, 0.2) is 0 Å². The van der Waals surface area contributed by atoms with Crippen molar-refractivity contribution in [1.29, 1.82) is 0 Å². The Morgan fingerprint density at radius 2 is 1.96 bits per heavy atom. The van der Waals surface area contributed by atoms with Gasteiger partial charge in [-0.15, -0.1) is 23.1 Å². The Labute approximate surface area is 179 Å². The Morgan fingerprint density at radius 3 is 2.61 bits per heavy atom. The maximum atomic E-state index is 13.3. The first-order chi connectivity index (χ1) is 13.5. The number of hydrogen-bond donors (Lipinski definition) is 1. The van der Waals surface area contributed by atoms with Crippen LogP contribution < -0.4 is 5.32 Å². The molecule has 0 radical (unpaired) electrons. The molecule has 1 fully saturated rings. The standard InChI is InChI=1S/C21H25ClN2O2S2/c1-4-15-13(2)28-20(18(15)21(26)24-10-6-5-7-11-24)23-19(25)16-12-14(27-3)8-9-17(16)22/h8-9,12H,4-7,10-11H2,1-3H3,(H,23,25). The number of likely N-dealkylation sites (tertiary alicyclic amines) is 1. The van der Waals surface area contributed by atoms with Crippen molar-refractivity contribution < 1.29 is 9.59 Å². The number of piperidine rings is 1. The average molecular weight is 437 g/mol. The van der Waals surface area contributed by atoms with Crippen LogP contribution in [-0.4, -0.2) is 36.1 Å². The van der Waals surface area contributed by atoms with Crippen molar-refractivity contribution in [2.45, 2.75) is 44.4 Å². The van der Waals surface area contributed by atoms with Gasteiger partial charge in [0.05, 0.1) is 16.1 Å². The molecule has 3 rings (SSSR count). The average Bonchev–Trinajstić information content (AvgIpc) is 3.02. The summed E-state index contributed by atoms with van der Waals surface area (Å²) in [5.74, 6) is -0.252. The summed E-state index contributed by atoms with van der Waals surface area (Å²) in [5, 5.41) is 4.00. The van der Waals surface area contributed by atoms with Gasteiger partial charge in [-0.3, -0.25) is 9.59 Å². The molecule has 28 heavy (non-hydrogen) atoms. The number of thiophene rings is 1. The number of hydrogen-bond acceptors (Lipinski definition) is 4. The van der Waals surface area contributed by atoms with Gasteiger partial charge in [0, 0.05) is 22.9 Å². The summed E-state index contributed by atoms with van der Waals surface area (Å²) in [7, 11) is 0. The van der Waals surface area contributed by atoms with E-state index >= 15 is 0 Å². The van der Waals surface area contributed by atoms with Crippen LogP contribution in [0.3, 0.4) is 0 Å². The molecular weight excluding hydrogens is 412 g/mol. The highest BCUT2D eigenvalue weighted by Crippen LogP contribution is 2.36. The lowest BCUT2D eigenvalue weighted by molar-refractivity contribution is 0.0724. The van der Waals surface area contributed by atoms with Crippen molar-refractivity contribution in [2.24, 2.45) is 0 Å². The van der Waals surface area contributed by atoms with Gasteiger partial charge in [-0.05, 0) is 62.6 Å². The molecule has 1 aliphatic heterocycles. The van der Waals surface area contributed by atoms with Crippen LogP contribution in [0.4, 0.5) is 5.00 Å². The fourth-order valence-electron chi connectivity index (χ4n) is 3.55. The molecule has 2 aromatic rings. The lowest BCUT2D eigenvalue weighted by Gasteiger charge is -2.27. The molecule has 2 amide bonds. The number of benzene rings is 1. The molecule has 1 aliphatic rings. The van der Waals surface area contributed by atoms with E-state index in [0.29, 0.717) is 21.2 Å². The molecule has 1 N–H and O–H groups in total. The fourth-order valence-corrected chi connectivity index (χ4v) is 5.32. The van der Waals surface area contributed by atoms with Crippen LogP contribution in [0.2, 0.25) is 5.02 Å². The van der Waals surface area contributed by atoms with Gasteiger partial charge in [0.1, 0.15) is 5.00 Å². The number of nitrogens with one attached hydrogen (secondary N) is 1. The molecule has 1 saturated heterocycles. The maximum absolute atomic E-state index is 13.3. The highest BCUT2D eigenvalue weighted by molar-refractivity contribution is 7.98. The molecule has 2 heterocycles. The zero-order valence-electron chi connectivity index (χ0n) is 16.4. The number of amides is 2. The molecule has 0 unspecified atom stereocenters. The summed E-state index contributed by atoms with van der Waals surface area (Å²) < 4.78 is 0. The Hall–Kier alpha value is -1.50. The van der Waals surface area contributed by atoms with Crippen molar-refractivity contribution >= 4 is 51.5 Å². The number of rotatable bonds is 5. The molecule has 7 heteroatoms. The highest BCUT2D eigenvalue weighted by Gasteiger charge is 2.27. The first-order valence-corrected chi connectivity index (χ1v) is 11.9. The molecular formula is C21H25ClN2O2S2. The lowest BCUT2D eigenvalue weighted by Crippen LogP contribution is -2.36. The Morgan fingerprint density at radius 1 is 1.25 bits per heavy atom. The van der Waals surface area contributed by atoms with Gasteiger partial charge < -0.3 is 10.2 Å². The second kappa shape index (κ2) is 9.33. The minimum atomic E-state index is -0.280. The van der Waals surface area contributed by atoms with E-state index < -0.39 is 0 Å². The third kappa shape index (κ3) is 4.39. The van der Waals surface area contributed by atoms with Crippen LogP contribution in [0.15, 0.2) is 23.1 Å². The number of anilines is 1. The summed E-state index contributed by atoms with van der Waals surface area (Å²) in [5.41, 5.74) is 2.10. The molecule has 150 valence electrons. The third-order valence-electron chi connectivity index (χ3n) is 5.06. The van der Waals surface area contributed by atoms with Gasteiger partial charge >= 0.3 is 0 Å². The number of aryl methyl sites for hydroxylation is 1. The van der Waals surface area contributed by atoms with Crippen LogP contribution in [0.25, 0.3) is 0 Å². The predicted molar refractivity (Wildman–Crippen MR) is 119 cm³/mol. The number of nitrogens with zero attached hydrogens (tertiary/aromatic N) is 1. The van der Waals surface area contributed by atoms with Crippen molar-refractivity contribution in [1.82, 2.24) is 4.90 Å². The van der Waals surface area contributed by atoms with E-state index in [1.807, 2.05) is 31.1 Å². The zero-order valence-corrected chi connectivity index (χ0v) is 18.8. The largest absolute Gasteiger partial charge is 0.339 e. The SMILES string of the molecule is CCc1c(C)sc(NC(=O)c2cc(SC)ccc2Cl)c1C(=O)N1CCCCC1. The highest BCUT2D eigenvalue weighted by atomic mass is 35.5. The lowest BCUT2D eigenvalue weighted by atomic mass is 10.0. The molecule has 0 saturated carbocycles. The second-order valence-corrected chi connectivity index (χ2v) is 9.36. The minimum Gasteiger partial charge on any atom is -0.339 e. The van der Waals surface area contributed by atoms with E-state index in [-0.39, 0.29) is 11.8 Å². The molecule has 0 atom stereocenters. The Bertz CT molecular complexity index is 889. The zero-order chi connectivity index (χ0) is 20.3. The molecule has 0 aliphatic carbocycles. The van der Waals surface area contributed by atoms with Gasteiger partial charge in [-0.2, -0.15) is 0 Å². The van der Waals surface area contributed by atoms with E-state index in [2.05, 4.69) is 5.32 Å². The van der Waals surface area contributed by atoms with Crippen LogP contribution >= 0.6 is 34.7 Å². The molecule has 4 nitrogen and oxygen atoms in total. The summed E-state index contributed by atoms with van der Waals surface area (Å²) >= 11 is 9.28. The molecule has 0 spiro atoms. The molecule has 1 aromatic heterocycles.